The number of rotatable bonds is 4. The molecule has 0 radical (unpaired) electrons. The Bertz CT molecular complexity index is 729. The number of hydrogen-bond donors (Lipinski definition) is 1. The number of nitrogens with one attached hydrogen (secondary N) is 1. The fourth-order valence-electron chi connectivity index (χ4n) is 5.95. The van der Waals surface area contributed by atoms with E-state index in [1.807, 2.05) is 0 Å². The predicted octanol–water partition coefficient (Wildman–Crippen LogP) is 7.31. The summed E-state index contributed by atoms with van der Waals surface area (Å²) in [5, 5.41) is 3.59. The molecule has 136 valence electrons. The number of anilines is 2. The lowest BCUT2D eigenvalue weighted by Gasteiger charge is -2.27. The molecule has 0 amide bonds. The van der Waals surface area contributed by atoms with E-state index < -0.39 is 0 Å². The van der Waals surface area contributed by atoms with Crippen LogP contribution in [0.2, 0.25) is 0 Å². The number of fused-ring (bicyclic) bond motifs is 2. The Morgan fingerprint density at radius 2 is 1.31 bits per heavy atom. The van der Waals surface area contributed by atoms with Gasteiger partial charge < -0.3 is 5.32 Å². The van der Waals surface area contributed by atoms with Crippen LogP contribution < -0.4 is 5.32 Å². The zero-order valence-electron chi connectivity index (χ0n) is 15.8. The molecular weight excluding hydrogens is 314 g/mol. The number of benzene rings is 2. The van der Waals surface area contributed by atoms with Gasteiger partial charge >= 0.3 is 0 Å². The number of hydrogen-bond acceptors (Lipinski definition) is 1. The van der Waals surface area contributed by atoms with Gasteiger partial charge in [-0.2, -0.15) is 0 Å². The van der Waals surface area contributed by atoms with E-state index in [1.165, 1.54) is 81.1 Å². The lowest BCUT2D eigenvalue weighted by Crippen LogP contribution is -2.19. The first-order valence-electron chi connectivity index (χ1n) is 10.8. The minimum atomic E-state index is 0.519. The van der Waals surface area contributed by atoms with Crippen molar-refractivity contribution in [2.24, 2.45) is 5.92 Å². The van der Waals surface area contributed by atoms with Crippen LogP contribution in [0, 0.1) is 5.92 Å². The van der Waals surface area contributed by atoms with E-state index in [1.54, 1.807) is 5.56 Å². The molecule has 1 heteroatoms. The maximum Gasteiger partial charge on any atom is 0.0384 e. The molecule has 2 aromatic rings. The van der Waals surface area contributed by atoms with E-state index in [-0.39, 0.29) is 0 Å². The van der Waals surface area contributed by atoms with Gasteiger partial charge in [0.1, 0.15) is 0 Å². The Morgan fingerprint density at radius 1 is 0.692 bits per heavy atom. The molecule has 3 fully saturated rings. The van der Waals surface area contributed by atoms with Crippen molar-refractivity contribution in [2.45, 2.75) is 75.5 Å². The SMILES string of the molecule is c1cc(C2CCCCC2)ccc1Nc1ccc(C23CCC(CC2)C3)cc1. The zero-order chi connectivity index (χ0) is 17.4. The van der Waals surface area contributed by atoms with Gasteiger partial charge in [-0.15, -0.1) is 0 Å². The molecule has 2 bridgehead atoms. The normalized spacial score (nSPS) is 28.4. The molecule has 0 heterocycles. The minimum Gasteiger partial charge on any atom is -0.356 e. The van der Waals surface area contributed by atoms with Crippen LogP contribution in [0.25, 0.3) is 0 Å². The third kappa shape index (κ3) is 3.06. The molecule has 3 aliphatic carbocycles. The maximum atomic E-state index is 3.59. The van der Waals surface area contributed by atoms with E-state index in [0.717, 1.165) is 11.8 Å². The highest BCUT2D eigenvalue weighted by Crippen LogP contribution is 2.55. The van der Waals surface area contributed by atoms with Crippen molar-refractivity contribution in [2.75, 3.05) is 5.32 Å². The van der Waals surface area contributed by atoms with E-state index in [4.69, 9.17) is 0 Å². The molecule has 0 saturated heterocycles. The molecule has 1 nitrogen and oxygen atoms in total. The molecule has 0 aromatic heterocycles. The van der Waals surface area contributed by atoms with Crippen molar-refractivity contribution < 1.29 is 0 Å². The van der Waals surface area contributed by atoms with Crippen LogP contribution in [0.15, 0.2) is 48.5 Å². The van der Waals surface area contributed by atoms with Gasteiger partial charge in [-0.05, 0) is 97.6 Å². The largest absolute Gasteiger partial charge is 0.356 e. The molecule has 0 aliphatic heterocycles. The van der Waals surface area contributed by atoms with Crippen LogP contribution in [0.1, 0.15) is 81.3 Å². The van der Waals surface area contributed by atoms with Gasteiger partial charge in [0.05, 0.1) is 0 Å². The standard InChI is InChI=1S/C25H31N/c1-2-4-20(5-3-1)21-6-10-23(11-7-21)26-24-12-8-22(9-13-24)25-16-14-19(18-25)15-17-25/h6-13,19-20,26H,1-5,14-18H2. The Morgan fingerprint density at radius 3 is 1.88 bits per heavy atom. The molecule has 3 aliphatic rings. The highest BCUT2D eigenvalue weighted by molar-refractivity contribution is 5.60. The monoisotopic (exact) mass is 345 g/mol. The summed E-state index contributed by atoms with van der Waals surface area (Å²) in [6.45, 7) is 0. The summed E-state index contributed by atoms with van der Waals surface area (Å²) in [4.78, 5) is 0. The Balaban J connectivity index is 1.26. The van der Waals surface area contributed by atoms with Crippen molar-refractivity contribution in [3.63, 3.8) is 0 Å². The first-order chi connectivity index (χ1) is 12.8. The molecule has 26 heavy (non-hydrogen) atoms. The van der Waals surface area contributed by atoms with Crippen molar-refractivity contribution in [1.29, 1.82) is 0 Å². The summed E-state index contributed by atoms with van der Waals surface area (Å²) in [5.74, 6) is 1.80. The molecule has 1 N–H and O–H groups in total. The Hall–Kier alpha value is -1.76. The molecule has 3 saturated carbocycles. The van der Waals surface area contributed by atoms with Gasteiger partial charge in [0.2, 0.25) is 0 Å². The van der Waals surface area contributed by atoms with Crippen LogP contribution in [0.4, 0.5) is 11.4 Å². The molecule has 2 aromatic carbocycles. The Labute approximate surface area is 158 Å². The van der Waals surface area contributed by atoms with Crippen molar-refractivity contribution in [3.8, 4) is 0 Å². The fraction of sp³-hybridized carbons (Fsp3) is 0.520. The minimum absolute atomic E-state index is 0.519. The maximum absolute atomic E-state index is 3.59. The summed E-state index contributed by atoms with van der Waals surface area (Å²) in [6, 6.07) is 18.5. The lowest BCUT2D eigenvalue weighted by atomic mass is 9.78. The summed E-state index contributed by atoms with van der Waals surface area (Å²) in [7, 11) is 0. The molecule has 0 unspecified atom stereocenters. The van der Waals surface area contributed by atoms with Gasteiger partial charge in [0, 0.05) is 11.4 Å². The van der Waals surface area contributed by atoms with Crippen LogP contribution >= 0.6 is 0 Å². The highest BCUT2D eigenvalue weighted by Gasteiger charge is 2.45. The first kappa shape index (κ1) is 16.4. The van der Waals surface area contributed by atoms with Gasteiger partial charge in [0.15, 0.2) is 0 Å². The molecular formula is C25H31N. The zero-order valence-corrected chi connectivity index (χ0v) is 15.8. The quantitative estimate of drug-likeness (QED) is 0.612. The summed E-state index contributed by atoms with van der Waals surface area (Å²) in [5.41, 5.74) is 6.04. The fourth-order valence-corrected chi connectivity index (χ4v) is 5.95. The van der Waals surface area contributed by atoms with Crippen LogP contribution in [0.5, 0.6) is 0 Å². The molecule has 0 atom stereocenters. The second kappa shape index (κ2) is 6.76. The van der Waals surface area contributed by atoms with Gasteiger partial charge in [-0.1, -0.05) is 43.5 Å². The Kier molecular flexibility index (Phi) is 4.27. The van der Waals surface area contributed by atoms with Crippen molar-refractivity contribution in [3.05, 3.63) is 59.7 Å². The predicted molar refractivity (Wildman–Crippen MR) is 110 cm³/mol. The van der Waals surface area contributed by atoms with E-state index in [0.29, 0.717) is 5.41 Å². The summed E-state index contributed by atoms with van der Waals surface area (Å²) >= 11 is 0. The average molecular weight is 346 g/mol. The van der Waals surface area contributed by atoms with Gasteiger partial charge in [0.25, 0.3) is 0 Å². The smallest absolute Gasteiger partial charge is 0.0384 e. The second-order valence-corrected chi connectivity index (χ2v) is 9.09. The lowest BCUT2D eigenvalue weighted by molar-refractivity contribution is 0.419. The van der Waals surface area contributed by atoms with Crippen molar-refractivity contribution in [1.82, 2.24) is 0 Å². The molecule has 0 spiro atoms. The van der Waals surface area contributed by atoms with E-state index >= 15 is 0 Å². The second-order valence-electron chi connectivity index (χ2n) is 9.09. The average Bonchev–Trinajstić information content (AvgIpc) is 3.32. The van der Waals surface area contributed by atoms with Gasteiger partial charge in [-0.3, -0.25) is 0 Å². The molecule has 5 rings (SSSR count). The third-order valence-corrected chi connectivity index (χ3v) is 7.51. The summed E-state index contributed by atoms with van der Waals surface area (Å²) in [6.07, 6.45) is 14.1. The van der Waals surface area contributed by atoms with Gasteiger partial charge in [-0.25, -0.2) is 0 Å². The van der Waals surface area contributed by atoms with Crippen LogP contribution in [-0.4, -0.2) is 0 Å². The summed E-state index contributed by atoms with van der Waals surface area (Å²) < 4.78 is 0. The van der Waals surface area contributed by atoms with Crippen LogP contribution in [0.3, 0.4) is 0 Å². The third-order valence-electron chi connectivity index (χ3n) is 7.51. The van der Waals surface area contributed by atoms with Crippen molar-refractivity contribution >= 4 is 11.4 Å². The van der Waals surface area contributed by atoms with E-state index in [2.05, 4.69) is 53.8 Å². The topological polar surface area (TPSA) is 12.0 Å². The van der Waals surface area contributed by atoms with E-state index in [9.17, 15) is 0 Å². The highest BCUT2D eigenvalue weighted by atomic mass is 14.9. The van der Waals surface area contributed by atoms with Crippen LogP contribution in [-0.2, 0) is 5.41 Å². The first-order valence-corrected chi connectivity index (χ1v) is 10.8.